The number of nitrogens with one attached hydrogen (secondary N) is 3. The number of hydrogen-bond acceptors (Lipinski definition) is 5. The highest BCUT2D eigenvalue weighted by molar-refractivity contribution is 5.97. The number of anilines is 1. The Hall–Kier alpha value is -3.71. The Bertz CT molecular complexity index is 1240. The third-order valence-corrected chi connectivity index (χ3v) is 5.65. The zero-order chi connectivity index (χ0) is 21.9. The fraction of sp³-hybridized carbons (Fsp3) is 0.240. The van der Waals surface area contributed by atoms with Crippen molar-refractivity contribution in [3.63, 3.8) is 0 Å². The van der Waals surface area contributed by atoms with Crippen LogP contribution in [0.3, 0.4) is 0 Å². The third kappa shape index (κ3) is 4.33. The predicted octanol–water partition coefficient (Wildman–Crippen LogP) is 4.38. The van der Waals surface area contributed by atoms with Crippen molar-refractivity contribution < 1.29 is 9.53 Å². The lowest BCUT2D eigenvalue weighted by Gasteiger charge is -2.23. The van der Waals surface area contributed by atoms with Gasteiger partial charge in [0.25, 0.3) is 0 Å². The summed E-state index contributed by atoms with van der Waals surface area (Å²) in [6, 6.07) is 14.1. The number of H-pyrrole nitrogens is 1. The standard InChI is InChI=1S/C25H25N5O2/c1-16(31)29-19-7-4-17(5-8-19)18-6-9-23-21(11-18)22(13-28-23)24-14-27-15-25(30-24)32-20-3-2-10-26-12-20/h4-9,11,13-15,20,26,28H,2-3,10,12H2,1H3,(H,29,31)/t20-/m1/s1. The lowest BCUT2D eigenvalue weighted by atomic mass is 10.0. The highest BCUT2D eigenvalue weighted by atomic mass is 16.5. The fourth-order valence-corrected chi connectivity index (χ4v) is 4.09. The molecule has 0 radical (unpaired) electrons. The summed E-state index contributed by atoms with van der Waals surface area (Å²) >= 11 is 0. The number of aromatic nitrogens is 3. The van der Waals surface area contributed by atoms with E-state index in [9.17, 15) is 4.79 Å². The molecule has 1 saturated heterocycles. The van der Waals surface area contributed by atoms with Gasteiger partial charge < -0.3 is 20.4 Å². The van der Waals surface area contributed by atoms with Gasteiger partial charge >= 0.3 is 0 Å². The first kappa shape index (κ1) is 20.2. The first-order valence-electron chi connectivity index (χ1n) is 10.8. The summed E-state index contributed by atoms with van der Waals surface area (Å²) in [7, 11) is 0. The number of nitrogens with zero attached hydrogens (tertiary/aromatic N) is 2. The maximum absolute atomic E-state index is 11.3. The fourth-order valence-electron chi connectivity index (χ4n) is 4.09. The van der Waals surface area contributed by atoms with Gasteiger partial charge in [0.15, 0.2) is 0 Å². The lowest BCUT2D eigenvalue weighted by molar-refractivity contribution is -0.114. The molecule has 4 aromatic rings. The molecule has 0 bridgehead atoms. The van der Waals surface area contributed by atoms with Crippen LogP contribution in [0.1, 0.15) is 19.8 Å². The second-order valence-electron chi connectivity index (χ2n) is 8.05. The maximum Gasteiger partial charge on any atom is 0.233 e. The van der Waals surface area contributed by atoms with Crippen molar-refractivity contribution in [2.24, 2.45) is 0 Å². The Morgan fingerprint density at radius 2 is 1.97 bits per heavy atom. The summed E-state index contributed by atoms with van der Waals surface area (Å²) in [5.74, 6) is 0.471. The molecule has 2 aromatic carbocycles. The van der Waals surface area contributed by atoms with E-state index in [1.165, 1.54) is 6.92 Å². The van der Waals surface area contributed by atoms with Gasteiger partial charge in [0, 0.05) is 41.8 Å². The molecule has 3 heterocycles. The van der Waals surface area contributed by atoms with Crippen molar-refractivity contribution in [3.05, 3.63) is 61.1 Å². The van der Waals surface area contributed by atoms with E-state index in [-0.39, 0.29) is 12.0 Å². The molecule has 2 aromatic heterocycles. The number of fused-ring (bicyclic) bond motifs is 1. The first-order chi connectivity index (χ1) is 15.7. The van der Waals surface area contributed by atoms with Gasteiger partial charge in [-0.25, -0.2) is 4.98 Å². The summed E-state index contributed by atoms with van der Waals surface area (Å²) < 4.78 is 6.06. The van der Waals surface area contributed by atoms with Crippen LogP contribution in [0.25, 0.3) is 33.3 Å². The highest BCUT2D eigenvalue weighted by Gasteiger charge is 2.16. The molecule has 0 spiro atoms. The minimum atomic E-state index is -0.0804. The average Bonchev–Trinajstić information content (AvgIpc) is 3.23. The maximum atomic E-state index is 11.3. The molecule has 1 aliphatic rings. The molecule has 0 aliphatic carbocycles. The lowest BCUT2D eigenvalue weighted by Crippen LogP contribution is -2.37. The van der Waals surface area contributed by atoms with Crippen LogP contribution in [0.5, 0.6) is 5.88 Å². The Labute approximate surface area is 186 Å². The van der Waals surface area contributed by atoms with Crippen LogP contribution >= 0.6 is 0 Å². The summed E-state index contributed by atoms with van der Waals surface area (Å²) in [4.78, 5) is 23.7. The Morgan fingerprint density at radius 1 is 1.12 bits per heavy atom. The number of carbonyl (C=O) groups excluding carboxylic acids is 1. The first-order valence-corrected chi connectivity index (χ1v) is 10.8. The molecule has 3 N–H and O–H groups in total. The van der Waals surface area contributed by atoms with Gasteiger partial charge in [0.05, 0.1) is 18.1 Å². The molecular formula is C25H25N5O2. The quantitative estimate of drug-likeness (QED) is 0.440. The topological polar surface area (TPSA) is 91.9 Å². The number of rotatable bonds is 5. The minimum absolute atomic E-state index is 0.0804. The van der Waals surface area contributed by atoms with Gasteiger partial charge in [0.1, 0.15) is 6.10 Å². The second-order valence-corrected chi connectivity index (χ2v) is 8.05. The molecular weight excluding hydrogens is 402 g/mol. The average molecular weight is 428 g/mol. The van der Waals surface area contributed by atoms with E-state index in [0.717, 1.165) is 64.9 Å². The number of ether oxygens (including phenoxy) is 1. The molecule has 1 atom stereocenters. The van der Waals surface area contributed by atoms with Crippen LogP contribution < -0.4 is 15.4 Å². The second kappa shape index (κ2) is 8.80. The zero-order valence-corrected chi connectivity index (χ0v) is 17.9. The largest absolute Gasteiger partial charge is 0.472 e. The van der Waals surface area contributed by atoms with Gasteiger partial charge in [-0.05, 0) is 54.8 Å². The number of hydrogen-bond donors (Lipinski definition) is 3. The number of carbonyl (C=O) groups is 1. The summed E-state index contributed by atoms with van der Waals surface area (Å²) in [5, 5.41) is 7.22. The van der Waals surface area contributed by atoms with Crippen molar-refractivity contribution in [1.82, 2.24) is 20.3 Å². The van der Waals surface area contributed by atoms with E-state index in [0.29, 0.717) is 5.88 Å². The van der Waals surface area contributed by atoms with Gasteiger partial charge in [-0.1, -0.05) is 18.2 Å². The molecule has 0 unspecified atom stereocenters. The van der Waals surface area contributed by atoms with E-state index < -0.39 is 0 Å². The number of benzene rings is 2. The van der Waals surface area contributed by atoms with Crippen LogP contribution in [0.15, 0.2) is 61.1 Å². The van der Waals surface area contributed by atoms with Gasteiger partial charge in [-0.2, -0.15) is 0 Å². The summed E-state index contributed by atoms with van der Waals surface area (Å²) in [6.07, 6.45) is 7.66. The molecule has 1 amide bonds. The van der Waals surface area contributed by atoms with Crippen molar-refractivity contribution in [3.8, 4) is 28.3 Å². The highest BCUT2D eigenvalue weighted by Crippen LogP contribution is 2.32. The molecule has 7 nitrogen and oxygen atoms in total. The SMILES string of the molecule is CC(=O)Nc1ccc(-c2ccc3[nH]cc(-c4cncc(O[C@@H]5CCCNC5)n4)c3c2)cc1. The Kier molecular flexibility index (Phi) is 5.56. The van der Waals surface area contributed by atoms with Crippen molar-refractivity contribution in [1.29, 1.82) is 0 Å². The van der Waals surface area contributed by atoms with Crippen molar-refractivity contribution in [2.45, 2.75) is 25.9 Å². The molecule has 0 saturated carbocycles. The van der Waals surface area contributed by atoms with Gasteiger partial charge in [0.2, 0.25) is 11.8 Å². The van der Waals surface area contributed by atoms with E-state index in [1.807, 2.05) is 30.5 Å². The monoisotopic (exact) mass is 427 g/mol. The van der Waals surface area contributed by atoms with E-state index in [1.54, 1.807) is 12.4 Å². The third-order valence-electron chi connectivity index (χ3n) is 5.65. The zero-order valence-electron chi connectivity index (χ0n) is 17.9. The van der Waals surface area contributed by atoms with Crippen LogP contribution in [0.4, 0.5) is 5.69 Å². The van der Waals surface area contributed by atoms with Gasteiger partial charge in [-0.15, -0.1) is 0 Å². The number of piperidine rings is 1. The van der Waals surface area contributed by atoms with E-state index in [2.05, 4.69) is 38.8 Å². The van der Waals surface area contributed by atoms with Gasteiger partial charge in [-0.3, -0.25) is 9.78 Å². The normalized spacial score (nSPS) is 16.1. The minimum Gasteiger partial charge on any atom is -0.472 e. The molecule has 162 valence electrons. The molecule has 7 heteroatoms. The van der Waals surface area contributed by atoms with Crippen LogP contribution in [0, 0.1) is 0 Å². The summed E-state index contributed by atoms with van der Waals surface area (Å²) in [6.45, 7) is 3.38. The summed E-state index contributed by atoms with van der Waals surface area (Å²) in [5.41, 5.74) is 5.72. The molecule has 1 fully saturated rings. The smallest absolute Gasteiger partial charge is 0.233 e. The Morgan fingerprint density at radius 3 is 2.75 bits per heavy atom. The van der Waals surface area contributed by atoms with Crippen molar-refractivity contribution in [2.75, 3.05) is 18.4 Å². The molecule has 5 rings (SSSR count). The predicted molar refractivity (Wildman–Crippen MR) is 126 cm³/mol. The van der Waals surface area contributed by atoms with Crippen molar-refractivity contribution >= 4 is 22.5 Å². The molecule has 1 aliphatic heterocycles. The molecule has 32 heavy (non-hydrogen) atoms. The van der Waals surface area contributed by atoms with Crippen LogP contribution in [-0.4, -0.2) is 40.1 Å². The van der Waals surface area contributed by atoms with E-state index in [4.69, 9.17) is 9.72 Å². The van der Waals surface area contributed by atoms with E-state index >= 15 is 0 Å². The number of amides is 1. The van der Waals surface area contributed by atoms with Crippen LogP contribution in [-0.2, 0) is 4.79 Å². The number of aromatic amines is 1. The van der Waals surface area contributed by atoms with Crippen LogP contribution in [0.2, 0.25) is 0 Å². The Balaban J connectivity index is 1.44.